The first kappa shape index (κ1) is 6.87. The number of rotatable bonds is 0. The van der Waals surface area contributed by atoms with Gasteiger partial charge < -0.3 is 0 Å². The number of carbonyl (C=O) groups is 1. The van der Waals surface area contributed by atoms with E-state index in [1.54, 1.807) is 0 Å². The zero-order chi connectivity index (χ0) is 7.07. The average molecular weight is 142 g/mol. The zero-order valence-corrected chi connectivity index (χ0v) is 6.55. The maximum atomic E-state index is 10.8. The van der Waals surface area contributed by atoms with E-state index in [0.29, 0.717) is 6.42 Å². The Morgan fingerprint density at radius 2 is 2.22 bits per heavy atom. The van der Waals surface area contributed by atoms with Crippen LogP contribution in [0.2, 0.25) is 0 Å². The van der Waals surface area contributed by atoms with Gasteiger partial charge in [0, 0.05) is 11.8 Å². The molecular formula is C7H10OS. The molecule has 0 N–H and O–H groups in total. The lowest BCUT2D eigenvalue weighted by molar-refractivity contribution is -0.111. The lowest BCUT2D eigenvalue weighted by Gasteiger charge is -2.14. The fourth-order valence-corrected chi connectivity index (χ4v) is 1.83. The van der Waals surface area contributed by atoms with Crippen LogP contribution in [0.25, 0.3) is 0 Å². The van der Waals surface area contributed by atoms with E-state index in [1.807, 2.05) is 13.8 Å². The Labute approximate surface area is 59.5 Å². The van der Waals surface area contributed by atoms with Crippen molar-refractivity contribution >= 4 is 16.9 Å². The molecule has 1 heterocycles. The number of hydrogen-bond donors (Lipinski definition) is 0. The SMILES string of the molecule is C=C1SC(=O)CC1(C)C. The molecule has 0 aliphatic carbocycles. The number of carbonyl (C=O) groups excluding carboxylic acids is 1. The molecule has 0 amide bonds. The van der Waals surface area contributed by atoms with Gasteiger partial charge >= 0.3 is 0 Å². The van der Waals surface area contributed by atoms with Gasteiger partial charge in [0.05, 0.1) is 0 Å². The highest BCUT2D eigenvalue weighted by Gasteiger charge is 2.33. The van der Waals surface area contributed by atoms with Crippen LogP contribution in [0.15, 0.2) is 11.5 Å². The van der Waals surface area contributed by atoms with Gasteiger partial charge in [-0.2, -0.15) is 0 Å². The van der Waals surface area contributed by atoms with Gasteiger partial charge in [0.15, 0.2) is 5.12 Å². The van der Waals surface area contributed by atoms with Crippen LogP contribution in [-0.4, -0.2) is 5.12 Å². The Hall–Kier alpha value is -0.240. The number of hydrogen-bond acceptors (Lipinski definition) is 2. The van der Waals surface area contributed by atoms with Gasteiger partial charge in [-0.3, -0.25) is 4.79 Å². The number of allylic oxidation sites excluding steroid dienone is 1. The molecule has 1 nitrogen and oxygen atoms in total. The van der Waals surface area contributed by atoms with E-state index < -0.39 is 0 Å². The molecule has 0 aromatic carbocycles. The maximum Gasteiger partial charge on any atom is 0.194 e. The monoisotopic (exact) mass is 142 g/mol. The second kappa shape index (κ2) is 1.87. The number of thioether (sulfide) groups is 1. The van der Waals surface area contributed by atoms with Gasteiger partial charge in [-0.05, 0) is 4.91 Å². The van der Waals surface area contributed by atoms with Gasteiger partial charge in [-0.25, -0.2) is 0 Å². The van der Waals surface area contributed by atoms with E-state index in [1.165, 1.54) is 11.8 Å². The second-order valence-corrected chi connectivity index (χ2v) is 4.11. The van der Waals surface area contributed by atoms with Crippen molar-refractivity contribution in [2.24, 2.45) is 5.41 Å². The average Bonchev–Trinajstić information content (AvgIpc) is 1.79. The Bertz CT molecular complexity index is 170. The first-order chi connectivity index (χ1) is 4.02. The lowest BCUT2D eigenvalue weighted by atomic mass is 9.91. The molecule has 0 spiro atoms. The van der Waals surface area contributed by atoms with E-state index in [2.05, 4.69) is 6.58 Å². The van der Waals surface area contributed by atoms with Crippen molar-refractivity contribution < 1.29 is 4.79 Å². The van der Waals surface area contributed by atoms with E-state index in [4.69, 9.17) is 0 Å². The molecule has 1 aliphatic heterocycles. The molecule has 0 bridgehead atoms. The summed E-state index contributed by atoms with van der Waals surface area (Å²) in [6.45, 7) is 7.90. The van der Waals surface area contributed by atoms with Gasteiger partial charge in [0.1, 0.15) is 0 Å². The molecule has 1 rings (SSSR count). The Morgan fingerprint density at radius 1 is 1.67 bits per heavy atom. The van der Waals surface area contributed by atoms with E-state index in [0.717, 1.165) is 4.91 Å². The van der Waals surface area contributed by atoms with Crippen molar-refractivity contribution in [1.82, 2.24) is 0 Å². The van der Waals surface area contributed by atoms with Crippen LogP contribution in [0.4, 0.5) is 0 Å². The van der Waals surface area contributed by atoms with Crippen LogP contribution in [0.5, 0.6) is 0 Å². The summed E-state index contributed by atoms with van der Waals surface area (Å²) in [6.07, 6.45) is 0.649. The van der Waals surface area contributed by atoms with Crippen molar-refractivity contribution in [2.75, 3.05) is 0 Å². The summed E-state index contributed by atoms with van der Waals surface area (Å²) in [5, 5.41) is 0.255. The minimum atomic E-state index is 0.0434. The first-order valence-electron chi connectivity index (χ1n) is 2.92. The van der Waals surface area contributed by atoms with Crippen LogP contribution < -0.4 is 0 Å². The highest BCUT2D eigenvalue weighted by Crippen LogP contribution is 2.45. The zero-order valence-electron chi connectivity index (χ0n) is 5.73. The first-order valence-corrected chi connectivity index (χ1v) is 3.74. The molecule has 0 saturated carbocycles. The van der Waals surface area contributed by atoms with Crippen molar-refractivity contribution in [3.8, 4) is 0 Å². The summed E-state index contributed by atoms with van der Waals surface area (Å²) in [6, 6.07) is 0. The van der Waals surface area contributed by atoms with Crippen molar-refractivity contribution in [1.29, 1.82) is 0 Å². The predicted molar refractivity (Wildman–Crippen MR) is 40.1 cm³/mol. The van der Waals surface area contributed by atoms with Gasteiger partial charge in [-0.15, -0.1) is 0 Å². The summed E-state index contributed by atoms with van der Waals surface area (Å²) in [5.74, 6) is 0. The largest absolute Gasteiger partial charge is 0.287 e. The third-order valence-electron chi connectivity index (χ3n) is 1.58. The molecule has 2 heteroatoms. The van der Waals surface area contributed by atoms with Gasteiger partial charge in [0.2, 0.25) is 0 Å². The van der Waals surface area contributed by atoms with Crippen LogP contribution in [0.1, 0.15) is 20.3 Å². The van der Waals surface area contributed by atoms with Crippen molar-refractivity contribution in [3.63, 3.8) is 0 Å². The highest BCUT2D eigenvalue weighted by atomic mass is 32.2. The van der Waals surface area contributed by atoms with Gasteiger partial charge in [0.25, 0.3) is 0 Å². The minimum absolute atomic E-state index is 0.0434. The van der Waals surface area contributed by atoms with Crippen LogP contribution in [0, 0.1) is 5.41 Å². The third kappa shape index (κ3) is 1.18. The Balaban J connectivity index is 2.81. The van der Waals surface area contributed by atoms with Crippen molar-refractivity contribution in [3.05, 3.63) is 11.5 Å². The minimum Gasteiger partial charge on any atom is -0.287 e. The van der Waals surface area contributed by atoms with Crippen molar-refractivity contribution in [2.45, 2.75) is 20.3 Å². The Morgan fingerprint density at radius 3 is 2.33 bits per heavy atom. The molecular weight excluding hydrogens is 132 g/mol. The lowest BCUT2D eigenvalue weighted by Crippen LogP contribution is -2.06. The summed E-state index contributed by atoms with van der Waals surface area (Å²) in [7, 11) is 0. The molecule has 1 fully saturated rings. The smallest absolute Gasteiger partial charge is 0.194 e. The molecule has 0 aromatic rings. The highest BCUT2D eigenvalue weighted by molar-refractivity contribution is 8.17. The third-order valence-corrected chi connectivity index (χ3v) is 2.75. The molecule has 0 unspecified atom stereocenters. The molecule has 1 aliphatic rings. The van der Waals surface area contributed by atoms with E-state index >= 15 is 0 Å². The standard InChI is InChI=1S/C7H10OS/c1-5-7(2,3)4-6(8)9-5/h1,4H2,2-3H3. The summed E-state index contributed by atoms with van der Waals surface area (Å²) >= 11 is 1.29. The maximum absolute atomic E-state index is 10.8. The summed E-state index contributed by atoms with van der Waals surface area (Å²) < 4.78 is 0. The normalized spacial score (nSPS) is 25.1. The Kier molecular flexibility index (Phi) is 1.43. The molecule has 0 radical (unpaired) electrons. The van der Waals surface area contributed by atoms with Crippen LogP contribution in [-0.2, 0) is 4.79 Å². The second-order valence-electron chi connectivity index (χ2n) is 2.96. The molecule has 9 heavy (non-hydrogen) atoms. The molecule has 1 saturated heterocycles. The predicted octanol–water partition coefficient (Wildman–Crippen LogP) is 2.19. The van der Waals surface area contributed by atoms with E-state index in [9.17, 15) is 4.79 Å². The quantitative estimate of drug-likeness (QED) is 0.515. The fraction of sp³-hybridized carbons (Fsp3) is 0.571. The van der Waals surface area contributed by atoms with Crippen LogP contribution >= 0.6 is 11.8 Å². The summed E-state index contributed by atoms with van der Waals surface area (Å²) in [5.41, 5.74) is 0.0434. The van der Waals surface area contributed by atoms with E-state index in [-0.39, 0.29) is 10.5 Å². The fourth-order valence-electron chi connectivity index (χ4n) is 0.771. The molecule has 50 valence electrons. The molecule has 0 atom stereocenters. The van der Waals surface area contributed by atoms with Gasteiger partial charge in [-0.1, -0.05) is 32.2 Å². The van der Waals surface area contributed by atoms with Crippen LogP contribution in [0.3, 0.4) is 0 Å². The summed E-state index contributed by atoms with van der Waals surface area (Å²) in [4.78, 5) is 11.8. The molecule has 0 aromatic heterocycles. The topological polar surface area (TPSA) is 17.1 Å².